The summed E-state index contributed by atoms with van der Waals surface area (Å²) in [5.41, 5.74) is 3.77. The molecule has 2 aromatic heterocycles. The summed E-state index contributed by atoms with van der Waals surface area (Å²) in [5, 5.41) is 5.88. The molecule has 0 aliphatic rings. The van der Waals surface area contributed by atoms with Crippen molar-refractivity contribution in [3.05, 3.63) is 59.3 Å². The number of hydrogen-bond donors (Lipinski definition) is 0. The average molecular weight is 380 g/mol. The largest absolute Gasteiger partial charge is 0.496 e. The molecule has 0 N–H and O–H groups in total. The number of para-hydroxylation sites is 2. The monoisotopic (exact) mass is 380 g/mol. The van der Waals surface area contributed by atoms with Gasteiger partial charge in [0.1, 0.15) is 11.5 Å². The average Bonchev–Trinajstić information content (AvgIpc) is 3.37. The molecule has 4 aromatic rings. The Morgan fingerprint density at radius 3 is 1.50 bits per heavy atom. The second kappa shape index (κ2) is 7.27. The third kappa shape index (κ3) is 3.09. The third-order valence-corrected chi connectivity index (χ3v) is 5.78. The van der Waals surface area contributed by atoms with Crippen LogP contribution in [0.1, 0.15) is 0 Å². The van der Waals surface area contributed by atoms with Gasteiger partial charge in [0.2, 0.25) is 0 Å². The fraction of sp³-hybridized carbons (Fsp3) is 0.100. The molecule has 4 nitrogen and oxygen atoms in total. The molecule has 130 valence electrons. The molecule has 2 heterocycles. The van der Waals surface area contributed by atoms with Gasteiger partial charge >= 0.3 is 0 Å². The first-order valence-corrected chi connectivity index (χ1v) is 9.74. The Morgan fingerprint density at radius 1 is 0.654 bits per heavy atom. The summed E-state index contributed by atoms with van der Waals surface area (Å²) in [6.07, 6.45) is 0. The molecule has 6 heteroatoms. The molecule has 4 rings (SSSR count). The smallest absolute Gasteiger partial charge is 0.152 e. The van der Waals surface area contributed by atoms with E-state index >= 15 is 0 Å². The molecule has 0 bridgehead atoms. The molecule has 2 aromatic carbocycles. The zero-order chi connectivity index (χ0) is 17.9. The predicted octanol–water partition coefficient (Wildman–Crippen LogP) is 5.62. The summed E-state index contributed by atoms with van der Waals surface area (Å²) < 4.78 is 10.9. The Hall–Kier alpha value is -2.70. The normalized spacial score (nSPS) is 10.7. The zero-order valence-electron chi connectivity index (χ0n) is 14.3. The van der Waals surface area contributed by atoms with Gasteiger partial charge in [-0.15, -0.1) is 22.7 Å². The van der Waals surface area contributed by atoms with Crippen molar-refractivity contribution >= 4 is 22.7 Å². The lowest BCUT2D eigenvalue weighted by Gasteiger charge is -2.05. The topological polar surface area (TPSA) is 44.2 Å². The van der Waals surface area contributed by atoms with Crippen LogP contribution in [-0.2, 0) is 0 Å². The molecule has 0 amide bonds. The Morgan fingerprint density at radius 2 is 1.08 bits per heavy atom. The highest BCUT2D eigenvalue weighted by molar-refractivity contribution is 7.20. The number of nitrogens with zero attached hydrogens (tertiary/aromatic N) is 2. The van der Waals surface area contributed by atoms with E-state index in [1.54, 1.807) is 36.9 Å². The van der Waals surface area contributed by atoms with E-state index in [-0.39, 0.29) is 0 Å². The van der Waals surface area contributed by atoms with Crippen LogP contribution in [0.15, 0.2) is 59.3 Å². The summed E-state index contributed by atoms with van der Waals surface area (Å²) in [5.74, 6) is 1.64. The van der Waals surface area contributed by atoms with E-state index in [9.17, 15) is 0 Å². The fourth-order valence-electron chi connectivity index (χ4n) is 2.70. The molecular weight excluding hydrogens is 364 g/mol. The summed E-state index contributed by atoms with van der Waals surface area (Å²) in [6.45, 7) is 0. The number of methoxy groups -OCH3 is 2. The molecule has 0 saturated carbocycles. The van der Waals surface area contributed by atoms with Crippen LogP contribution in [0.4, 0.5) is 0 Å². The maximum absolute atomic E-state index is 5.44. The van der Waals surface area contributed by atoms with Crippen molar-refractivity contribution in [2.24, 2.45) is 0 Å². The number of benzene rings is 2. The highest BCUT2D eigenvalue weighted by Gasteiger charge is 2.15. The Balaban J connectivity index is 1.68. The van der Waals surface area contributed by atoms with E-state index in [1.165, 1.54) is 0 Å². The van der Waals surface area contributed by atoms with Gasteiger partial charge in [0.05, 0.1) is 25.6 Å². The van der Waals surface area contributed by atoms with Crippen LogP contribution in [0.5, 0.6) is 11.5 Å². The van der Waals surface area contributed by atoms with Gasteiger partial charge < -0.3 is 9.47 Å². The van der Waals surface area contributed by atoms with E-state index in [0.717, 1.165) is 44.0 Å². The van der Waals surface area contributed by atoms with Crippen molar-refractivity contribution in [1.82, 2.24) is 9.97 Å². The first kappa shape index (κ1) is 16.8. The number of ether oxygens (including phenoxy) is 2. The highest BCUT2D eigenvalue weighted by Crippen LogP contribution is 2.37. The van der Waals surface area contributed by atoms with Gasteiger partial charge in [0.15, 0.2) is 10.0 Å². The summed E-state index contributed by atoms with van der Waals surface area (Å²) in [4.78, 5) is 9.53. The third-order valence-electron chi connectivity index (χ3n) is 3.96. The highest BCUT2D eigenvalue weighted by atomic mass is 32.1. The van der Waals surface area contributed by atoms with Crippen LogP contribution in [0.3, 0.4) is 0 Å². The Bertz CT molecular complexity index is 956. The van der Waals surface area contributed by atoms with Crippen LogP contribution < -0.4 is 9.47 Å². The second-order valence-electron chi connectivity index (χ2n) is 5.48. The maximum atomic E-state index is 5.44. The van der Waals surface area contributed by atoms with Crippen LogP contribution in [0, 0.1) is 0 Å². The van der Waals surface area contributed by atoms with E-state index < -0.39 is 0 Å². The quantitative estimate of drug-likeness (QED) is 0.451. The van der Waals surface area contributed by atoms with Gasteiger partial charge in [0.25, 0.3) is 0 Å². The minimum Gasteiger partial charge on any atom is -0.496 e. The number of thiazole rings is 2. The molecule has 0 unspecified atom stereocenters. The molecular formula is C20H16N2O2S2. The minimum absolute atomic E-state index is 0.818. The SMILES string of the molecule is COc1ccccc1-c1csc(-c2nc(-c3ccccc3OC)cs2)n1. The van der Waals surface area contributed by atoms with Crippen LogP contribution in [0.2, 0.25) is 0 Å². The van der Waals surface area contributed by atoms with Crippen molar-refractivity contribution in [1.29, 1.82) is 0 Å². The van der Waals surface area contributed by atoms with Crippen molar-refractivity contribution in [3.63, 3.8) is 0 Å². The van der Waals surface area contributed by atoms with E-state index in [4.69, 9.17) is 19.4 Å². The minimum atomic E-state index is 0.818. The van der Waals surface area contributed by atoms with Gasteiger partial charge in [-0.25, -0.2) is 9.97 Å². The summed E-state index contributed by atoms with van der Waals surface area (Å²) in [7, 11) is 3.35. The molecule has 0 aliphatic carbocycles. The fourth-order valence-corrected chi connectivity index (χ4v) is 4.39. The molecule has 0 spiro atoms. The van der Waals surface area contributed by atoms with Crippen molar-refractivity contribution in [3.8, 4) is 44.0 Å². The first-order valence-electron chi connectivity index (χ1n) is 7.98. The molecule has 0 aliphatic heterocycles. The second-order valence-corrected chi connectivity index (χ2v) is 7.19. The molecule has 0 fully saturated rings. The van der Waals surface area contributed by atoms with Crippen molar-refractivity contribution in [2.75, 3.05) is 14.2 Å². The van der Waals surface area contributed by atoms with Gasteiger partial charge in [-0.2, -0.15) is 0 Å². The summed E-state index contributed by atoms with van der Waals surface area (Å²) >= 11 is 3.17. The van der Waals surface area contributed by atoms with Gasteiger partial charge in [-0.3, -0.25) is 0 Å². The van der Waals surface area contributed by atoms with Crippen LogP contribution in [0.25, 0.3) is 32.5 Å². The zero-order valence-corrected chi connectivity index (χ0v) is 15.9. The number of aromatic nitrogens is 2. The Labute approximate surface area is 159 Å². The lowest BCUT2D eigenvalue weighted by Crippen LogP contribution is -1.88. The van der Waals surface area contributed by atoms with Crippen molar-refractivity contribution in [2.45, 2.75) is 0 Å². The number of rotatable bonds is 5. The van der Waals surface area contributed by atoms with Crippen molar-refractivity contribution < 1.29 is 9.47 Å². The van der Waals surface area contributed by atoms with E-state index in [2.05, 4.69) is 0 Å². The Kier molecular flexibility index (Phi) is 4.69. The lowest BCUT2D eigenvalue weighted by atomic mass is 10.1. The molecule has 26 heavy (non-hydrogen) atoms. The number of hydrogen-bond acceptors (Lipinski definition) is 6. The van der Waals surface area contributed by atoms with E-state index in [1.807, 2.05) is 59.3 Å². The van der Waals surface area contributed by atoms with Crippen LogP contribution >= 0.6 is 22.7 Å². The van der Waals surface area contributed by atoms with Gasteiger partial charge in [-0.05, 0) is 24.3 Å². The van der Waals surface area contributed by atoms with Gasteiger partial charge in [-0.1, -0.05) is 24.3 Å². The first-order chi connectivity index (χ1) is 12.8. The predicted molar refractivity (Wildman–Crippen MR) is 107 cm³/mol. The lowest BCUT2D eigenvalue weighted by molar-refractivity contribution is 0.416. The molecule has 0 atom stereocenters. The van der Waals surface area contributed by atoms with Crippen LogP contribution in [-0.4, -0.2) is 24.2 Å². The van der Waals surface area contributed by atoms with E-state index in [0.29, 0.717) is 0 Å². The molecule has 0 saturated heterocycles. The molecule has 0 radical (unpaired) electrons. The summed E-state index contributed by atoms with van der Waals surface area (Å²) in [6, 6.07) is 15.8. The van der Waals surface area contributed by atoms with Gasteiger partial charge in [0, 0.05) is 21.9 Å². The standard InChI is InChI=1S/C20H16N2O2S2/c1-23-17-9-5-3-7-13(17)15-11-25-19(21-15)20-22-16(12-26-20)14-8-4-6-10-18(14)24-2/h3-12H,1-2H3. The maximum Gasteiger partial charge on any atom is 0.152 e.